The van der Waals surface area contributed by atoms with E-state index < -0.39 is 0 Å². The maximum atomic E-state index is 5.56. The summed E-state index contributed by atoms with van der Waals surface area (Å²) in [4.78, 5) is 2.11. The van der Waals surface area contributed by atoms with Gasteiger partial charge in [0.15, 0.2) is 0 Å². The summed E-state index contributed by atoms with van der Waals surface area (Å²) in [6, 6.07) is 0. The van der Waals surface area contributed by atoms with Gasteiger partial charge in [0.1, 0.15) is 0 Å². The molecule has 0 saturated carbocycles. The van der Waals surface area contributed by atoms with Crippen molar-refractivity contribution in [3.8, 4) is 0 Å². The predicted octanol–water partition coefficient (Wildman–Crippen LogP) is 1.21. The van der Waals surface area contributed by atoms with Crippen LogP contribution in [0.15, 0.2) is 6.20 Å². The van der Waals surface area contributed by atoms with Crippen molar-refractivity contribution < 1.29 is 0 Å². The van der Waals surface area contributed by atoms with Crippen molar-refractivity contribution in [3.05, 3.63) is 11.9 Å². The second-order valence-electron chi connectivity index (χ2n) is 2.33. The summed E-state index contributed by atoms with van der Waals surface area (Å²) >= 11 is 6.80. The fourth-order valence-corrected chi connectivity index (χ4v) is 1.47. The van der Waals surface area contributed by atoms with Gasteiger partial charge in [-0.3, -0.25) is 4.90 Å². The maximum absolute atomic E-state index is 5.56. The van der Waals surface area contributed by atoms with Gasteiger partial charge in [0.25, 0.3) is 0 Å². The van der Waals surface area contributed by atoms with Crippen molar-refractivity contribution >= 4 is 23.3 Å². The predicted molar refractivity (Wildman–Crippen MR) is 47.0 cm³/mol. The van der Waals surface area contributed by atoms with E-state index in [-0.39, 0.29) is 0 Å². The summed E-state index contributed by atoms with van der Waals surface area (Å²) in [6.45, 7) is 1.72. The van der Waals surface area contributed by atoms with Gasteiger partial charge in [-0.2, -0.15) is 8.75 Å². The van der Waals surface area contributed by atoms with Crippen LogP contribution in [0.2, 0.25) is 0 Å². The average molecular weight is 192 g/mol. The molecule has 0 amide bonds. The van der Waals surface area contributed by atoms with Crippen LogP contribution in [-0.4, -0.2) is 33.1 Å². The fourth-order valence-electron chi connectivity index (χ4n) is 0.754. The second kappa shape index (κ2) is 4.64. The molecule has 0 bridgehead atoms. The third-order valence-corrected chi connectivity index (χ3v) is 1.99. The van der Waals surface area contributed by atoms with Gasteiger partial charge in [-0.05, 0) is 7.05 Å². The normalized spacial score (nSPS) is 10.8. The number of aromatic nitrogens is 2. The van der Waals surface area contributed by atoms with Crippen LogP contribution >= 0.6 is 23.3 Å². The van der Waals surface area contributed by atoms with E-state index >= 15 is 0 Å². The molecule has 1 rings (SSSR count). The Hall–Kier alpha value is -0.190. The summed E-state index contributed by atoms with van der Waals surface area (Å²) in [7, 11) is 2.02. The van der Waals surface area contributed by atoms with E-state index in [0.29, 0.717) is 5.88 Å². The van der Waals surface area contributed by atoms with Crippen LogP contribution in [0.3, 0.4) is 0 Å². The molecule has 1 aromatic heterocycles. The molecule has 0 atom stereocenters. The molecule has 1 heterocycles. The number of rotatable bonds is 4. The van der Waals surface area contributed by atoms with Gasteiger partial charge in [0.05, 0.1) is 23.6 Å². The monoisotopic (exact) mass is 191 g/mol. The van der Waals surface area contributed by atoms with Crippen molar-refractivity contribution in [1.29, 1.82) is 0 Å². The van der Waals surface area contributed by atoms with E-state index in [1.807, 2.05) is 7.05 Å². The zero-order valence-corrected chi connectivity index (χ0v) is 7.90. The summed E-state index contributed by atoms with van der Waals surface area (Å²) in [5, 5.41) is 0. The molecule has 5 heteroatoms. The quantitative estimate of drug-likeness (QED) is 0.670. The zero-order chi connectivity index (χ0) is 8.10. The summed E-state index contributed by atoms with van der Waals surface area (Å²) in [5.74, 6) is 0.661. The molecule has 3 nitrogen and oxygen atoms in total. The number of halogens is 1. The number of nitrogens with zero attached hydrogens (tertiary/aromatic N) is 3. The number of hydrogen-bond acceptors (Lipinski definition) is 4. The van der Waals surface area contributed by atoms with Crippen LogP contribution in [0.1, 0.15) is 5.69 Å². The average Bonchev–Trinajstić information content (AvgIpc) is 2.40. The Morgan fingerprint density at radius 1 is 1.73 bits per heavy atom. The minimum absolute atomic E-state index is 0.661. The van der Waals surface area contributed by atoms with Crippen molar-refractivity contribution in [2.75, 3.05) is 19.5 Å². The molecule has 0 unspecified atom stereocenters. The third-order valence-electron chi connectivity index (χ3n) is 1.31. The van der Waals surface area contributed by atoms with Crippen LogP contribution in [0.25, 0.3) is 0 Å². The van der Waals surface area contributed by atoms with Crippen molar-refractivity contribution in [2.45, 2.75) is 6.54 Å². The highest BCUT2D eigenvalue weighted by Crippen LogP contribution is 1.99. The molecule has 0 saturated heterocycles. The first-order chi connectivity index (χ1) is 5.33. The van der Waals surface area contributed by atoms with Gasteiger partial charge in [0, 0.05) is 19.0 Å². The van der Waals surface area contributed by atoms with E-state index in [1.54, 1.807) is 6.20 Å². The van der Waals surface area contributed by atoms with Crippen LogP contribution in [0.5, 0.6) is 0 Å². The molecular weight excluding hydrogens is 182 g/mol. The SMILES string of the molecule is CN(CCCl)Cc1cnsn1. The van der Waals surface area contributed by atoms with Gasteiger partial charge in [-0.25, -0.2) is 0 Å². The highest BCUT2D eigenvalue weighted by Gasteiger charge is 2.00. The molecule has 11 heavy (non-hydrogen) atoms. The molecule has 0 radical (unpaired) electrons. The Kier molecular flexibility index (Phi) is 3.76. The van der Waals surface area contributed by atoms with Crippen molar-refractivity contribution in [1.82, 2.24) is 13.6 Å². The topological polar surface area (TPSA) is 29.0 Å². The van der Waals surface area contributed by atoms with Gasteiger partial charge >= 0.3 is 0 Å². The van der Waals surface area contributed by atoms with Crippen LogP contribution in [0, 0.1) is 0 Å². The van der Waals surface area contributed by atoms with E-state index in [9.17, 15) is 0 Å². The van der Waals surface area contributed by atoms with Gasteiger partial charge in [0.2, 0.25) is 0 Å². The summed E-state index contributed by atoms with van der Waals surface area (Å²) < 4.78 is 7.99. The molecule has 0 aliphatic heterocycles. The molecular formula is C6H10ClN3S. The van der Waals surface area contributed by atoms with E-state index in [1.165, 1.54) is 11.7 Å². The number of hydrogen-bond donors (Lipinski definition) is 0. The van der Waals surface area contributed by atoms with Gasteiger partial charge in [-0.1, -0.05) is 0 Å². The molecule has 0 spiro atoms. The summed E-state index contributed by atoms with van der Waals surface area (Å²) in [5.41, 5.74) is 1.02. The standard InChI is InChI=1S/C6H10ClN3S/c1-10(3-2-7)5-6-4-8-11-9-6/h4H,2-3,5H2,1H3. The van der Waals surface area contributed by atoms with E-state index in [0.717, 1.165) is 18.8 Å². The first-order valence-electron chi connectivity index (χ1n) is 3.34. The second-order valence-corrected chi connectivity index (χ2v) is 3.26. The molecule has 62 valence electrons. The van der Waals surface area contributed by atoms with Gasteiger partial charge in [-0.15, -0.1) is 11.6 Å². The first kappa shape index (κ1) is 8.90. The van der Waals surface area contributed by atoms with Gasteiger partial charge < -0.3 is 0 Å². The third kappa shape index (κ3) is 3.14. The maximum Gasteiger partial charge on any atom is 0.0882 e. The lowest BCUT2D eigenvalue weighted by Crippen LogP contribution is -2.20. The number of alkyl halides is 1. The largest absolute Gasteiger partial charge is 0.299 e. The Labute approximate surface area is 75.3 Å². The van der Waals surface area contributed by atoms with Crippen molar-refractivity contribution in [3.63, 3.8) is 0 Å². The van der Waals surface area contributed by atoms with Crippen LogP contribution < -0.4 is 0 Å². The molecule has 0 aliphatic rings. The molecule has 0 aliphatic carbocycles. The highest BCUT2D eigenvalue weighted by molar-refractivity contribution is 6.99. The lowest BCUT2D eigenvalue weighted by molar-refractivity contribution is 0.344. The van der Waals surface area contributed by atoms with Crippen molar-refractivity contribution in [2.24, 2.45) is 0 Å². The molecule has 0 fully saturated rings. The van der Waals surface area contributed by atoms with E-state index in [2.05, 4.69) is 13.6 Å². The van der Waals surface area contributed by atoms with Crippen LogP contribution in [0.4, 0.5) is 0 Å². The smallest absolute Gasteiger partial charge is 0.0882 e. The fraction of sp³-hybridized carbons (Fsp3) is 0.667. The molecule has 0 aromatic carbocycles. The molecule has 0 N–H and O–H groups in total. The highest BCUT2D eigenvalue weighted by atomic mass is 35.5. The minimum Gasteiger partial charge on any atom is -0.299 e. The lowest BCUT2D eigenvalue weighted by atomic mass is 10.4. The minimum atomic E-state index is 0.661. The lowest BCUT2D eigenvalue weighted by Gasteiger charge is -2.11. The Bertz CT molecular complexity index is 190. The first-order valence-corrected chi connectivity index (χ1v) is 4.60. The Balaban J connectivity index is 2.31. The van der Waals surface area contributed by atoms with E-state index in [4.69, 9.17) is 11.6 Å². The Morgan fingerprint density at radius 3 is 3.09 bits per heavy atom. The summed E-state index contributed by atoms with van der Waals surface area (Å²) in [6.07, 6.45) is 1.79. The molecule has 1 aromatic rings. The Morgan fingerprint density at radius 2 is 2.55 bits per heavy atom. The van der Waals surface area contributed by atoms with Crippen LogP contribution in [-0.2, 0) is 6.54 Å². The zero-order valence-electron chi connectivity index (χ0n) is 6.33.